The van der Waals surface area contributed by atoms with E-state index in [1.807, 2.05) is 0 Å². The molecule has 1 aliphatic heterocycles. The van der Waals surface area contributed by atoms with Crippen LogP contribution in [0.5, 0.6) is 0 Å². The van der Waals surface area contributed by atoms with Gasteiger partial charge in [-0.1, -0.05) is 6.92 Å². The van der Waals surface area contributed by atoms with E-state index in [4.69, 9.17) is 9.47 Å². The van der Waals surface area contributed by atoms with E-state index in [0.717, 1.165) is 32.6 Å². The first kappa shape index (κ1) is 12.0. The molecule has 3 heteroatoms. The van der Waals surface area contributed by atoms with Crippen LogP contribution in [0, 0.1) is 5.92 Å². The first-order valence-electron chi connectivity index (χ1n) is 5.61. The minimum atomic E-state index is 0.336. The zero-order chi connectivity index (χ0) is 10.4. The minimum absolute atomic E-state index is 0.336. The molecule has 0 amide bonds. The maximum absolute atomic E-state index is 5.51. The van der Waals surface area contributed by atoms with E-state index < -0.39 is 0 Å². The molecule has 0 aromatic heterocycles. The molecule has 0 bridgehead atoms. The van der Waals surface area contributed by atoms with Crippen LogP contribution in [-0.2, 0) is 9.47 Å². The summed E-state index contributed by atoms with van der Waals surface area (Å²) >= 11 is 0. The van der Waals surface area contributed by atoms with Crippen LogP contribution in [0.25, 0.3) is 0 Å². The molecule has 0 radical (unpaired) electrons. The van der Waals surface area contributed by atoms with Crippen molar-refractivity contribution in [1.82, 2.24) is 5.32 Å². The summed E-state index contributed by atoms with van der Waals surface area (Å²) in [5, 5.41) is 3.53. The second kappa shape index (κ2) is 6.38. The molecule has 1 fully saturated rings. The smallest absolute Gasteiger partial charge is 0.0547 e. The Morgan fingerprint density at radius 2 is 2.36 bits per heavy atom. The van der Waals surface area contributed by atoms with Crippen LogP contribution in [0.1, 0.15) is 26.7 Å². The molecule has 1 N–H and O–H groups in total. The highest BCUT2D eigenvalue weighted by Crippen LogP contribution is 2.20. The van der Waals surface area contributed by atoms with Crippen LogP contribution in [-0.4, -0.2) is 39.0 Å². The largest absolute Gasteiger partial charge is 0.382 e. The lowest BCUT2D eigenvalue weighted by molar-refractivity contribution is 0.00308. The van der Waals surface area contributed by atoms with Crippen molar-refractivity contribution >= 4 is 0 Å². The van der Waals surface area contributed by atoms with Gasteiger partial charge in [0.15, 0.2) is 0 Å². The van der Waals surface area contributed by atoms with E-state index in [1.54, 1.807) is 7.11 Å². The monoisotopic (exact) mass is 201 g/mol. The fourth-order valence-electron chi connectivity index (χ4n) is 2.08. The number of nitrogens with one attached hydrogen (secondary N) is 1. The van der Waals surface area contributed by atoms with Crippen molar-refractivity contribution in [3.8, 4) is 0 Å². The molecule has 0 aliphatic carbocycles. The molecule has 14 heavy (non-hydrogen) atoms. The lowest BCUT2D eigenvalue weighted by atomic mass is 9.90. The number of rotatable bonds is 5. The van der Waals surface area contributed by atoms with Gasteiger partial charge in [-0.05, 0) is 26.3 Å². The molecule has 84 valence electrons. The molecule has 3 unspecified atom stereocenters. The van der Waals surface area contributed by atoms with E-state index in [9.17, 15) is 0 Å². The molecule has 0 aromatic rings. The van der Waals surface area contributed by atoms with Crippen LogP contribution in [0.3, 0.4) is 0 Å². The maximum atomic E-state index is 5.51. The summed E-state index contributed by atoms with van der Waals surface area (Å²) in [6, 6.07) is 0.617. The van der Waals surface area contributed by atoms with Gasteiger partial charge in [0.25, 0.3) is 0 Å². The van der Waals surface area contributed by atoms with Crippen LogP contribution in [0.15, 0.2) is 0 Å². The second-order valence-corrected chi connectivity index (χ2v) is 4.07. The minimum Gasteiger partial charge on any atom is -0.382 e. The van der Waals surface area contributed by atoms with Gasteiger partial charge >= 0.3 is 0 Å². The third-order valence-electron chi connectivity index (χ3n) is 2.98. The Morgan fingerprint density at radius 3 is 3.00 bits per heavy atom. The van der Waals surface area contributed by atoms with E-state index in [1.165, 1.54) is 0 Å². The van der Waals surface area contributed by atoms with Crippen molar-refractivity contribution < 1.29 is 9.47 Å². The Morgan fingerprint density at radius 1 is 1.57 bits per heavy atom. The SMILES string of the molecule is CCNC1CCOCC1CC(C)OC. The Hall–Kier alpha value is -0.120. The molecule has 0 aromatic carbocycles. The van der Waals surface area contributed by atoms with E-state index in [2.05, 4.69) is 19.2 Å². The molecule has 1 saturated heterocycles. The highest BCUT2D eigenvalue weighted by Gasteiger charge is 2.26. The predicted octanol–water partition coefficient (Wildman–Crippen LogP) is 1.43. The predicted molar refractivity (Wildman–Crippen MR) is 57.5 cm³/mol. The Bertz CT molecular complexity index is 150. The molecular weight excluding hydrogens is 178 g/mol. The topological polar surface area (TPSA) is 30.5 Å². The lowest BCUT2D eigenvalue weighted by Crippen LogP contribution is -2.43. The van der Waals surface area contributed by atoms with Gasteiger partial charge in [-0.3, -0.25) is 0 Å². The van der Waals surface area contributed by atoms with Crippen LogP contribution in [0.2, 0.25) is 0 Å². The summed E-state index contributed by atoms with van der Waals surface area (Å²) in [7, 11) is 1.77. The summed E-state index contributed by atoms with van der Waals surface area (Å²) in [5.41, 5.74) is 0. The van der Waals surface area contributed by atoms with Crippen LogP contribution < -0.4 is 5.32 Å². The molecule has 1 aliphatic rings. The van der Waals surface area contributed by atoms with Crippen molar-refractivity contribution in [1.29, 1.82) is 0 Å². The van der Waals surface area contributed by atoms with Gasteiger partial charge in [0, 0.05) is 25.7 Å². The highest BCUT2D eigenvalue weighted by molar-refractivity contribution is 4.80. The van der Waals surface area contributed by atoms with E-state index >= 15 is 0 Å². The van der Waals surface area contributed by atoms with Crippen molar-refractivity contribution in [2.75, 3.05) is 26.9 Å². The lowest BCUT2D eigenvalue weighted by Gasteiger charge is -2.33. The molecule has 3 atom stereocenters. The number of hydrogen-bond donors (Lipinski definition) is 1. The van der Waals surface area contributed by atoms with Gasteiger partial charge in [0.1, 0.15) is 0 Å². The normalized spacial score (nSPS) is 30.2. The summed E-state index contributed by atoms with van der Waals surface area (Å²) in [4.78, 5) is 0. The number of hydrogen-bond acceptors (Lipinski definition) is 3. The zero-order valence-corrected chi connectivity index (χ0v) is 9.58. The van der Waals surface area contributed by atoms with Crippen molar-refractivity contribution in [2.45, 2.75) is 38.8 Å². The third kappa shape index (κ3) is 3.56. The summed E-state index contributed by atoms with van der Waals surface area (Å²) in [5.74, 6) is 0.610. The van der Waals surface area contributed by atoms with Gasteiger partial charge in [0.2, 0.25) is 0 Å². The maximum Gasteiger partial charge on any atom is 0.0547 e. The fraction of sp³-hybridized carbons (Fsp3) is 1.00. The second-order valence-electron chi connectivity index (χ2n) is 4.07. The average molecular weight is 201 g/mol. The molecule has 0 spiro atoms. The van der Waals surface area contributed by atoms with Crippen molar-refractivity contribution in [3.63, 3.8) is 0 Å². The molecule has 3 nitrogen and oxygen atoms in total. The van der Waals surface area contributed by atoms with Crippen molar-refractivity contribution in [3.05, 3.63) is 0 Å². The molecule has 1 heterocycles. The number of ether oxygens (including phenoxy) is 2. The van der Waals surface area contributed by atoms with E-state index in [0.29, 0.717) is 18.1 Å². The molecule has 0 saturated carbocycles. The number of methoxy groups -OCH3 is 1. The fourth-order valence-corrected chi connectivity index (χ4v) is 2.08. The van der Waals surface area contributed by atoms with Crippen LogP contribution >= 0.6 is 0 Å². The van der Waals surface area contributed by atoms with Gasteiger partial charge in [-0.2, -0.15) is 0 Å². The molecular formula is C11H23NO2. The average Bonchev–Trinajstić information content (AvgIpc) is 2.21. The highest BCUT2D eigenvalue weighted by atomic mass is 16.5. The Labute approximate surface area is 87.2 Å². The van der Waals surface area contributed by atoms with Gasteiger partial charge in [-0.15, -0.1) is 0 Å². The Kier molecular flexibility index (Phi) is 5.45. The third-order valence-corrected chi connectivity index (χ3v) is 2.98. The van der Waals surface area contributed by atoms with Crippen LogP contribution in [0.4, 0.5) is 0 Å². The van der Waals surface area contributed by atoms with E-state index in [-0.39, 0.29) is 0 Å². The summed E-state index contributed by atoms with van der Waals surface area (Å²) in [6.45, 7) is 7.10. The van der Waals surface area contributed by atoms with Gasteiger partial charge in [-0.25, -0.2) is 0 Å². The first-order valence-corrected chi connectivity index (χ1v) is 5.61. The quantitative estimate of drug-likeness (QED) is 0.730. The summed E-state index contributed by atoms with van der Waals surface area (Å²) in [6.07, 6.45) is 2.56. The summed E-state index contributed by atoms with van der Waals surface area (Å²) < 4.78 is 10.8. The Balaban J connectivity index is 2.37. The standard InChI is InChI=1S/C11H23NO2/c1-4-12-11-5-6-14-8-10(11)7-9(2)13-3/h9-12H,4-8H2,1-3H3. The van der Waals surface area contributed by atoms with Gasteiger partial charge in [0.05, 0.1) is 12.7 Å². The van der Waals surface area contributed by atoms with Crippen molar-refractivity contribution in [2.24, 2.45) is 5.92 Å². The molecule has 1 rings (SSSR count). The first-order chi connectivity index (χ1) is 6.77. The zero-order valence-electron chi connectivity index (χ0n) is 9.58. The van der Waals surface area contributed by atoms with Gasteiger partial charge < -0.3 is 14.8 Å².